The molecule has 1 atom stereocenters. The van der Waals surface area contributed by atoms with Crippen LogP contribution in [0.2, 0.25) is 0 Å². The summed E-state index contributed by atoms with van der Waals surface area (Å²) in [5.74, 6) is 0. The molecule has 0 heterocycles. The second-order valence-corrected chi connectivity index (χ2v) is 4.11. The van der Waals surface area contributed by atoms with Gasteiger partial charge in [-0.15, -0.1) is 0 Å². The van der Waals surface area contributed by atoms with Gasteiger partial charge in [0.25, 0.3) is 0 Å². The van der Waals surface area contributed by atoms with Crippen LogP contribution in [0.5, 0.6) is 0 Å². The van der Waals surface area contributed by atoms with E-state index < -0.39 is 0 Å². The number of aryl methyl sites for hydroxylation is 2. The zero-order valence-electron chi connectivity index (χ0n) is 9.92. The summed E-state index contributed by atoms with van der Waals surface area (Å²) < 4.78 is 5.57. The summed E-state index contributed by atoms with van der Waals surface area (Å²) in [5.41, 5.74) is 9.61. The highest BCUT2D eigenvalue weighted by atomic mass is 16.5. The van der Waals surface area contributed by atoms with Crippen molar-refractivity contribution < 1.29 is 4.74 Å². The molecule has 0 spiro atoms. The first kappa shape index (κ1) is 12.2. The quantitative estimate of drug-likeness (QED) is 0.805. The second kappa shape index (κ2) is 5.89. The Morgan fingerprint density at radius 1 is 1.33 bits per heavy atom. The van der Waals surface area contributed by atoms with Crippen LogP contribution in [0.15, 0.2) is 18.2 Å². The molecule has 0 aliphatic carbocycles. The summed E-state index contributed by atoms with van der Waals surface area (Å²) in [7, 11) is 0. The van der Waals surface area contributed by atoms with E-state index in [4.69, 9.17) is 10.5 Å². The smallest absolute Gasteiger partial charge is 0.0720 e. The highest BCUT2D eigenvalue weighted by molar-refractivity contribution is 5.29. The maximum absolute atomic E-state index is 5.77. The predicted octanol–water partition coefficient (Wildman–Crippen LogP) is 2.56. The molecule has 0 saturated carbocycles. The normalized spacial score (nSPS) is 12.8. The van der Waals surface area contributed by atoms with Crippen molar-refractivity contribution in [3.05, 3.63) is 34.9 Å². The number of nitrogens with two attached hydrogens (primary N) is 1. The highest BCUT2D eigenvalue weighted by Crippen LogP contribution is 2.11. The maximum atomic E-state index is 5.77. The van der Waals surface area contributed by atoms with Crippen LogP contribution in [-0.2, 0) is 11.3 Å². The number of benzene rings is 1. The summed E-state index contributed by atoms with van der Waals surface area (Å²) in [6, 6.07) is 6.59. The Balaban J connectivity index is 2.44. The second-order valence-electron chi connectivity index (χ2n) is 4.11. The van der Waals surface area contributed by atoms with Crippen molar-refractivity contribution in [3.8, 4) is 0 Å². The molecule has 0 aliphatic rings. The fourth-order valence-electron chi connectivity index (χ4n) is 1.45. The summed E-state index contributed by atoms with van der Waals surface area (Å²) in [4.78, 5) is 0. The molecule has 0 radical (unpaired) electrons. The first-order valence-corrected chi connectivity index (χ1v) is 5.53. The summed E-state index contributed by atoms with van der Waals surface area (Å²) in [5, 5.41) is 0. The molecule has 1 aromatic rings. The van der Waals surface area contributed by atoms with Crippen LogP contribution in [0.3, 0.4) is 0 Å². The minimum atomic E-state index is 0.163. The first-order chi connectivity index (χ1) is 7.13. The standard InChI is InChI=1S/C13H21NO/c1-4-13(14)9-15-8-12-6-5-10(2)7-11(12)3/h5-7,13H,4,8-9,14H2,1-3H3. The average molecular weight is 207 g/mol. The van der Waals surface area contributed by atoms with Crippen molar-refractivity contribution >= 4 is 0 Å². The van der Waals surface area contributed by atoms with Crippen molar-refractivity contribution in [2.24, 2.45) is 5.73 Å². The third-order valence-electron chi connectivity index (χ3n) is 2.61. The van der Waals surface area contributed by atoms with E-state index in [9.17, 15) is 0 Å². The van der Waals surface area contributed by atoms with Gasteiger partial charge in [0.15, 0.2) is 0 Å². The van der Waals surface area contributed by atoms with Gasteiger partial charge in [-0.3, -0.25) is 0 Å². The average Bonchev–Trinajstić information content (AvgIpc) is 2.21. The lowest BCUT2D eigenvalue weighted by Crippen LogP contribution is -2.24. The molecule has 2 N–H and O–H groups in total. The van der Waals surface area contributed by atoms with Crippen molar-refractivity contribution in [1.82, 2.24) is 0 Å². The Morgan fingerprint density at radius 2 is 2.07 bits per heavy atom. The van der Waals surface area contributed by atoms with E-state index in [0.29, 0.717) is 13.2 Å². The van der Waals surface area contributed by atoms with Gasteiger partial charge in [-0.25, -0.2) is 0 Å². The molecule has 15 heavy (non-hydrogen) atoms. The Hall–Kier alpha value is -0.860. The van der Waals surface area contributed by atoms with Gasteiger partial charge in [-0.05, 0) is 31.4 Å². The molecule has 0 aliphatic heterocycles. The van der Waals surface area contributed by atoms with Gasteiger partial charge in [0.2, 0.25) is 0 Å². The van der Waals surface area contributed by atoms with Crippen molar-refractivity contribution in [2.75, 3.05) is 6.61 Å². The molecule has 0 fully saturated rings. The maximum Gasteiger partial charge on any atom is 0.0720 e. The fourth-order valence-corrected chi connectivity index (χ4v) is 1.45. The van der Waals surface area contributed by atoms with Gasteiger partial charge in [0.05, 0.1) is 13.2 Å². The van der Waals surface area contributed by atoms with E-state index in [2.05, 4.69) is 39.0 Å². The number of hydrogen-bond acceptors (Lipinski definition) is 2. The Kier molecular flexibility index (Phi) is 4.79. The fraction of sp³-hybridized carbons (Fsp3) is 0.538. The van der Waals surface area contributed by atoms with Gasteiger partial charge in [0, 0.05) is 6.04 Å². The third-order valence-corrected chi connectivity index (χ3v) is 2.61. The zero-order valence-corrected chi connectivity index (χ0v) is 9.92. The molecule has 84 valence electrons. The molecule has 1 rings (SSSR count). The van der Waals surface area contributed by atoms with Crippen molar-refractivity contribution in [3.63, 3.8) is 0 Å². The van der Waals surface area contributed by atoms with Crippen LogP contribution in [0.25, 0.3) is 0 Å². The minimum Gasteiger partial charge on any atom is -0.375 e. The van der Waals surface area contributed by atoms with Crippen LogP contribution >= 0.6 is 0 Å². The molecule has 1 aromatic carbocycles. The molecular formula is C13H21NO. The lowest BCUT2D eigenvalue weighted by Gasteiger charge is -2.11. The van der Waals surface area contributed by atoms with Gasteiger partial charge in [-0.1, -0.05) is 30.7 Å². The predicted molar refractivity (Wildman–Crippen MR) is 63.8 cm³/mol. The molecule has 2 nitrogen and oxygen atoms in total. The van der Waals surface area contributed by atoms with E-state index in [0.717, 1.165) is 6.42 Å². The van der Waals surface area contributed by atoms with Gasteiger partial charge < -0.3 is 10.5 Å². The monoisotopic (exact) mass is 207 g/mol. The number of rotatable bonds is 5. The number of ether oxygens (including phenoxy) is 1. The highest BCUT2D eigenvalue weighted by Gasteiger charge is 2.01. The van der Waals surface area contributed by atoms with Crippen LogP contribution < -0.4 is 5.73 Å². The molecule has 0 bridgehead atoms. The molecular weight excluding hydrogens is 186 g/mol. The van der Waals surface area contributed by atoms with Crippen LogP contribution in [0.1, 0.15) is 30.0 Å². The SMILES string of the molecule is CCC(N)COCc1ccc(C)cc1C. The number of hydrogen-bond donors (Lipinski definition) is 1. The molecule has 0 aromatic heterocycles. The van der Waals surface area contributed by atoms with E-state index in [1.807, 2.05) is 0 Å². The molecule has 0 amide bonds. The van der Waals surface area contributed by atoms with Crippen LogP contribution in [0, 0.1) is 13.8 Å². The lowest BCUT2D eigenvalue weighted by atomic mass is 10.1. The Morgan fingerprint density at radius 3 is 2.67 bits per heavy atom. The van der Waals surface area contributed by atoms with Crippen molar-refractivity contribution in [1.29, 1.82) is 0 Å². The Bertz CT molecular complexity index is 309. The molecule has 2 heteroatoms. The van der Waals surface area contributed by atoms with E-state index in [1.54, 1.807) is 0 Å². The lowest BCUT2D eigenvalue weighted by molar-refractivity contribution is 0.106. The molecule has 1 unspecified atom stereocenters. The summed E-state index contributed by atoms with van der Waals surface area (Å²) >= 11 is 0. The van der Waals surface area contributed by atoms with E-state index >= 15 is 0 Å². The third kappa shape index (κ3) is 4.02. The summed E-state index contributed by atoms with van der Waals surface area (Å²) in [6.07, 6.45) is 0.965. The topological polar surface area (TPSA) is 35.2 Å². The first-order valence-electron chi connectivity index (χ1n) is 5.53. The zero-order chi connectivity index (χ0) is 11.3. The van der Waals surface area contributed by atoms with E-state index in [-0.39, 0.29) is 6.04 Å². The van der Waals surface area contributed by atoms with Crippen LogP contribution in [0.4, 0.5) is 0 Å². The summed E-state index contributed by atoms with van der Waals surface area (Å²) in [6.45, 7) is 7.60. The van der Waals surface area contributed by atoms with Gasteiger partial charge in [0.1, 0.15) is 0 Å². The van der Waals surface area contributed by atoms with Crippen LogP contribution in [-0.4, -0.2) is 12.6 Å². The molecule has 0 saturated heterocycles. The largest absolute Gasteiger partial charge is 0.375 e. The van der Waals surface area contributed by atoms with E-state index in [1.165, 1.54) is 16.7 Å². The van der Waals surface area contributed by atoms with Crippen molar-refractivity contribution in [2.45, 2.75) is 39.8 Å². The Labute approximate surface area is 92.4 Å². The van der Waals surface area contributed by atoms with Gasteiger partial charge >= 0.3 is 0 Å². The minimum absolute atomic E-state index is 0.163. The van der Waals surface area contributed by atoms with Gasteiger partial charge in [-0.2, -0.15) is 0 Å².